The number of nitro benzene ring substituents is 1. The minimum atomic E-state index is -0.431. The van der Waals surface area contributed by atoms with E-state index in [1.807, 2.05) is 5.38 Å². The van der Waals surface area contributed by atoms with Crippen LogP contribution in [0.3, 0.4) is 0 Å². The van der Waals surface area contributed by atoms with Crippen molar-refractivity contribution >= 4 is 38.8 Å². The quantitative estimate of drug-likeness (QED) is 0.693. The van der Waals surface area contributed by atoms with Gasteiger partial charge in [0.2, 0.25) is 0 Å². The molecule has 8 heteroatoms. The third kappa shape index (κ3) is 2.98. The van der Waals surface area contributed by atoms with E-state index in [1.54, 1.807) is 12.1 Å². The molecule has 6 nitrogen and oxygen atoms in total. The summed E-state index contributed by atoms with van der Waals surface area (Å²) in [6, 6.07) is 4.88. The Morgan fingerprint density at radius 2 is 2.35 bits per heavy atom. The second kappa shape index (κ2) is 5.19. The van der Waals surface area contributed by atoms with Crippen molar-refractivity contribution in [1.82, 2.24) is 9.59 Å². The molecular weight excluding hydrogens is 308 g/mol. The average Bonchev–Trinajstić information content (AvgIpc) is 2.80. The molecule has 0 fully saturated rings. The van der Waals surface area contributed by atoms with Crippen LogP contribution in [0.15, 0.2) is 28.1 Å². The van der Waals surface area contributed by atoms with E-state index in [2.05, 4.69) is 30.8 Å². The number of nitrogens with one attached hydrogen (secondary N) is 1. The zero-order chi connectivity index (χ0) is 12.3. The Kier molecular flexibility index (Phi) is 3.64. The predicted octanol–water partition coefficient (Wildman–Crippen LogP) is 2.82. The summed E-state index contributed by atoms with van der Waals surface area (Å²) in [4.78, 5) is 10.3. The molecule has 0 saturated carbocycles. The molecule has 1 N–H and O–H groups in total. The van der Waals surface area contributed by atoms with Gasteiger partial charge in [0.25, 0.3) is 5.69 Å². The summed E-state index contributed by atoms with van der Waals surface area (Å²) >= 11 is 4.40. The van der Waals surface area contributed by atoms with Gasteiger partial charge < -0.3 is 5.32 Å². The van der Waals surface area contributed by atoms with Crippen LogP contribution < -0.4 is 5.32 Å². The summed E-state index contributed by atoms with van der Waals surface area (Å²) in [5.41, 5.74) is 1.51. The molecule has 0 aliphatic rings. The molecule has 0 saturated heterocycles. The SMILES string of the molecule is O=[N+]([O-])c1cc(NCc2csnn2)ccc1Br. The second-order valence-corrected chi connectivity index (χ2v) is 4.64. The summed E-state index contributed by atoms with van der Waals surface area (Å²) in [5, 5.41) is 19.5. The first kappa shape index (κ1) is 11.9. The lowest BCUT2D eigenvalue weighted by atomic mass is 10.3. The molecule has 1 aromatic carbocycles. The lowest BCUT2D eigenvalue weighted by Gasteiger charge is -2.04. The maximum atomic E-state index is 10.7. The molecule has 0 aliphatic carbocycles. The monoisotopic (exact) mass is 314 g/mol. The van der Waals surface area contributed by atoms with Crippen LogP contribution in [0.2, 0.25) is 0 Å². The molecule has 2 rings (SSSR count). The summed E-state index contributed by atoms with van der Waals surface area (Å²) in [7, 11) is 0. The third-order valence-corrected chi connectivity index (χ3v) is 3.25. The lowest BCUT2D eigenvalue weighted by molar-refractivity contribution is -0.385. The van der Waals surface area contributed by atoms with Crippen LogP contribution in [0.5, 0.6) is 0 Å². The number of benzene rings is 1. The number of aromatic nitrogens is 2. The van der Waals surface area contributed by atoms with Crippen LogP contribution in [0.1, 0.15) is 5.69 Å². The van der Waals surface area contributed by atoms with Crippen molar-refractivity contribution in [3.05, 3.63) is 43.9 Å². The summed E-state index contributed by atoms with van der Waals surface area (Å²) < 4.78 is 4.19. The van der Waals surface area contributed by atoms with Crippen LogP contribution in [-0.2, 0) is 6.54 Å². The Bertz CT molecular complexity index is 532. The largest absolute Gasteiger partial charge is 0.379 e. The Morgan fingerprint density at radius 1 is 1.53 bits per heavy atom. The van der Waals surface area contributed by atoms with Gasteiger partial charge in [0.15, 0.2) is 0 Å². The van der Waals surface area contributed by atoms with Crippen molar-refractivity contribution in [3.63, 3.8) is 0 Å². The smallest absolute Gasteiger partial charge is 0.285 e. The Morgan fingerprint density at radius 3 is 3.00 bits per heavy atom. The fraction of sp³-hybridized carbons (Fsp3) is 0.111. The molecule has 0 aliphatic heterocycles. The van der Waals surface area contributed by atoms with E-state index >= 15 is 0 Å². The first-order valence-corrected chi connectivity index (χ1v) is 6.23. The van der Waals surface area contributed by atoms with Crippen LogP contribution in [-0.4, -0.2) is 14.5 Å². The fourth-order valence-corrected chi connectivity index (χ4v) is 2.06. The minimum Gasteiger partial charge on any atom is -0.379 e. The highest BCUT2D eigenvalue weighted by atomic mass is 79.9. The van der Waals surface area contributed by atoms with Gasteiger partial charge in [-0.2, -0.15) is 0 Å². The number of nitro groups is 1. The van der Waals surface area contributed by atoms with Crippen molar-refractivity contribution < 1.29 is 4.92 Å². The topological polar surface area (TPSA) is 81.0 Å². The minimum absolute atomic E-state index is 0.0337. The van der Waals surface area contributed by atoms with Gasteiger partial charge in [0.1, 0.15) is 0 Å². The maximum absolute atomic E-state index is 10.7. The molecular formula is C9H7BrN4O2S. The average molecular weight is 315 g/mol. The zero-order valence-corrected chi connectivity index (χ0v) is 10.9. The number of hydrogen-bond donors (Lipinski definition) is 1. The van der Waals surface area contributed by atoms with E-state index in [0.29, 0.717) is 16.7 Å². The van der Waals surface area contributed by atoms with Crippen molar-refractivity contribution in [2.75, 3.05) is 5.32 Å². The van der Waals surface area contributed by atoms with Crippen LogP contribution >= 0.6 is 27.5 Å². The van der Waals surface area contributed by atoms with Gasteiger partial charge >= 0.3 is 0 Å². The summed E-state index contributed by atoms with van der Waals surface area (Å²) in [5.74, 6) is 0. The van der Waals surface area contributed by atoms with E-state index in [1.165, 1.54) is 17.6 Å². The Balaban J connectivity index is 2.11. The number of halogens is 1. The van der Waals surface area contributed by atoms with E-state index in [-0.39, 0.29) is 5.69 Å². The Labute approximate surface area is 109 Å². The highest BCUT2D eigenvalue weighted by Gasteiger charge is 2.12. The normalized spacial score (nSPS) is 10.2. The molecule has 2 aromatic rings. The van der Waals surface area contributed by atoms with Gasteiger partial charge in [0, 0.05) is 17.1 Å². The van der Waals surface area contributed by atoms with Crippen LogP contribution in [0.25, 0.3) is 0 Å². The molecule has 1 aromatic heterocycles. The third-order valence-electron chi connectivity index (χ3n) is 2.02. The van der Waals surface area contributed by atoms with Crippen LogP contribution in [0.4, 0.5) is 11.4 Å². The van der Waals surface area contributed by atoms with E-state index in [9.17, 15) is 10.1 Å². The maximum Gasteiger partial charge on any atom is 0.285 e. The lowest BCUT2D eigenvalue weighted by Crippen LogP contribution is -2.00. The number of anilines is 1. The number of hydrogen-bond acceptors (Lipinski definition) is 6. The molecule has 1 heterocycles. The molecule has 0 radical (unpaired) electrons. The highest BCUT2D eigenvalue weighted by Crippen LogP contribution is 2.27. The second-order valence-electron chi connectivity index (χ2n) is 3.17. The number of nitrogens with zero attached hydrogens (tertiary/aromatic N) is 3. The molecule has 88 valence electrons. The summed E-state index contributed by atoms with van der Waals surface area (Å²) in [6.07, 6.45) is 0. The van der Waals surface area contributed by atoms with Crippen molar-refractivity contribution in [2.24, 2.45) is 0 Å². The predicted molar refractivity (Wildman–Crippen MR) is 68.0 cm³/mol. The molecule has 0 spiro atoms. The van der Waals surface area contributed by atoms with Crippen molar-refractivity contribution in [1.29, 1.82) is 0 Å². The molecule has 0 bridgehead atoms. The molecule has 17 heavy (non-hydrogen) atoms. The Hall–Kier alpha value is -1.54. The molecule has 0 unspecified atom stereocenters. The van der Waals surface area contributed by atoms with E-state index < -0.39 is 4.92 Å². The van der Waals surface area contributed by atoms with E-state index in [0.717, 1.165) is 5.69 Å². The van der Waals surface area contributed by atoms with Gasteiger partial charge in [-0.05, 0) is 39.6 Å². The van der Waals surface area contributed by atoms with Gasteiger partial charge in [-0.15, -0.1) is 5.10 Å². The number of rotatable bonds is 4. The van der Waals surface area contributed by atoms with Gasteiger partial charge in [-0.3, -0.25) is 10.1 Å². The summed E-state index contributed by atoms with van der Waals surface area (Å²) in [6.45, 7) is 0.495. The molecule has 0 atom stereocenters. The molecule has 0 amide bonds. The van der Waals surface area contributed by atoms with Gasteiger partial charge in [-0.25, -0.2) is 0 Å². The van der Waals surface area contributed by atoms with Crippen molar-refractivity contribution in [2.45, 2.75) is 6.54 Å². The zero-order valence-electron chi connectivity index (χ0n) is 8.46. The van der Waals surface area contributed by atoms with Crippen LogP contribution in [0, 0.1) is 10.1 Å². The van der Waals surface area contributed by atoms with Gasteiger partial charge in [0.05, 0.1) is 21.6 Å². The first-order chi connectivity index (χ1) is 8.16. The highest BCUT2D eigenvalue weighted by molar-refractivity contribution is 9.10. The standard InChI is InChI=1S/C9H7BrN4O2S/c10-8-2-1-6(3-9(8)14(15)16)11-4-7-5-17-13-12-7/h1-3,5,11H,4H2. The van der Waals surface area contributed by atoms with Crippen molar-refractivity contribution in [3.8, 4) is 0 Å². The first-order valence-electron chi connectivity index (χ1n) is 4.60. The fourth-order valence-electron chi connectivity index (χ4n) is 1.22. The van der Waals surface area contributed by atoms with E-state index in [4.69, 9.17) is 0 Å². The van der Waals surface area contributed by atoms with Gasteiger partial charge in [-0.1, -0.05) is 4.49 Å².